The van der Waals surface area contributed by atoms with E-state index in [9.17, 15) is 14.2 Å². The Morgan fingerprint density at radius 1 is 1.05 bits per heavy atom. The third kappa shape index (κ3) is 8.50. The molecule has 38 heavy (non-hydrogen) atoms. The summed E-state index contributed by atoms with van der Waals surface area (Å²) in [4.78, 5) is 37.0. The van der Waals surface area contributed by atoms with E-state index < -0.39 is 18.4 Å². The third-order valence-electron chi connectivity index (χ3n) is 5.67. The summed E-state index contributed by atoms with van der Waals surface area (Å²) in [5.74, 6) is 0.926. The summed E-state index contributed by atoms with van der Waals surface area (Å²) < 4.78 is 33.1. The molecule has 1 aliphatic rings. The van der Waals surface area contributed by atoms with Gasteiger partial charge in [-0.05, 0) is 12.3 Å². The van der Waals surface area contributed by atoms with Gasteiger partial charge in [-0.15, -0.1) is 0 Å². The molecule has 0 saturated carbocycles. The van der Waals surface area contributed by atoms with Gasteiger partial charge in [0.1, 0.15) is 18.1 Å². The predicted octanol–water partition coefficient (Wildman–Crippen LogP) is 4.78. The molecule has 2 aromatic rings. The molecule has 1 aliphatic heterocycles. The molecule has 0 aliphatic carbocycles. The van der Waals surface area contributed by atoms with Crippen LogP contribution in [0.1, 0.15) is 54.2 Å². The minimum atomic E-state index is -3.53. The number of anilines is 1. The number of nitrogens with zero attached hydrogens (tertiary/aromatic N) is 4. The first-order chi connectivity index (χ1) is 17.7. The highest BCUT2D eigenvalue weighted by Gasteiger charge is 2.36. The largest absolute Gasteiger partial charge is 0.382 e. The molecular weight excluding hydrogens is 549 g/mol. The van der Waals surface area contributed by atoms with Gasteiger partial charge in [0.05, 0.1) is 32.3 Å². The summed E-state index contributed by atoms with van der Waals surface area (Å²) >= 11 is 2.31. The number of thioether (sulfide) groups is 2. The Kier molecular flexibility index (Phi) is 10.4. The zero-order valence-electron chi connectivity index (χ0n) is 22.8. The van der Waals surface area contributed by atoms with Crippen molar-refractivity contribution in [2.75, 3.05) is 43.2 Å². The van der Waals surface area contributed by atoms with Crippen LogP contribution in [0, 0.1) is 16.7 Å². The van der Waals surface area contributed by atoms with Crippen molar-refractivity contribution in [3.8, 4) is 0 Å². The Morgan fingerprint density at radius 3 is 2.18 bits per heavy atom. The van der Waals surface area contributed by atoms with Gasteiger partial charge in [-0.2, -0.15) is 0 Å². The van der Waals surface area contributed by atoms with Crippen LogP contribution in [-0.4, -0.2) is 67.2 Å². The lowest BCUT2D eigenvalue weighted by Crippen LogP contribution is -2.18. The van der Waals surface area contributed by atoms with Crippen LogP contribution < -0.4 is 5.73 Å². The van der Waals surface area contributed by atoms with Crippen molar-refractivity contribution in [3.63, 3.8) is 0 Å². The first-order valence-corrected chi connectivity index (χ1v) is 16.2. The van der Waals surface area contributed by atoms with Crippen molar-refractivity contribution in [3.05, 3.63) is 12.7 Å². The fraction of sp³-hybridized carbons (Fsp3) is 0.708. The summed E-state index contributed by atoms with van der Waals surface area (Å²) in [5.41, 5.74) is 6.03. The molecule has 3 rings (SSSR count). The SMILES string of the molecule is CC(C)(C)C(=O)SCCOP(=O)(CC1COC(n2cnc3c(N)ncnc32)C1)OCCSC(=O)C(C)(C)C. The number of carbonyl (C=O) groups excluding carboxylic acids is 2. The van der Waals surface area contributed by atoms with Gasteiger partial charge in [0.25, 0.3) is 0 Å². The zero-order chi connectivity index (χ0) is 28.1. The van der Waals surface area contributed by atoms with E-state index in [4.69, 9.17) is 19.5 Å². The maximum atomic E-state index is 13.8. The smallest absolute Gasteiger partial charge is 0.331 e. The van der Waals surface area contributed by atoms with E-state index in [1.165, 1.54) is 6.33 Å². The molecule has 0 spiro atoms. The van der Waals surface area contributed by atoms with Crippen LogP contribution >= 0.6 is 31.1 Å². The van der Waals surface area contributed by atoms with Crippen molar-refractivity contribution in [1.29, 1.82) is 0 Å². The van der Waals surface area contributed by atoms with E-state index in [1.54, 1.807) is 10.9 Å². The fourth-order valence-electron chi connectivity index (χ4n) is 3.58. The second kappa shape index (κ2) is 12.8. The predicted molar refractivity (Wildman–Crippen MR) is 151 cm³/mol. The van der Waals surface area contributed by atoms with Crippen molar-refractivity contribution in [1.82, 2.24) is 19.5 Å². The van der Waals surface area contributed by atoms with E-state index in [0.29, 0.717) is 41.5 Å². The molecule has 1 fully saturated rings. The lowest BCUT2D eigenvalue weighted by Gasteiger charge is -2.22. The Balaban J connectivity index is 1.61. The van der Waals surface area contributed by atoms with E-state index in [0.717, 1.165) is 23.5 Å². The summed E-state index contributed by atoms with van der Waals surface area (Å²) in [6.45, 7) is 11.7. The molecule has 0 radical (unpaired) electrons. The highest BCUT2D eigenvalue weighted by Crippen LogP contribution is 2.52. The van der Waals surface area contributed by atoms with Crippen molar-refractivity contribution in [2.24, 2.45) is 16.7 Å². The summed E-state index contributed by atoms with van der Waals surface area (Å²) in [6.07, 6.45) is 3.35. The topological polar surface area (TPSA) is 149 Å². The number of hydrogen-bond donors (Lipinski definition) is 1. The van der Waals surface area contributed by atoms with Gasteiger partial charge in [0, 0.05) is 22.3 Å². The second-order valence-corrected chi connectivity index (χ2v) is 15.4. The molecule has 2 aromatic heterocycles. The highest BCUT2D eigenvalue weighted by molar-refractivity contribution is 8.14. The molecule has 212 valence electrons. The van der Waals surface area contributed by atoms with Gasteiger partial charge >= 0.3 is 7.60 Å². The molecule has 2 atom stereocenters. The molecule has 14 heteroatoms. The highest BCUT2D eigenvalue weighted by atomic mass is 32.2. The lowest BCUT2D eigenvalue weighted by molar-refractivity contribution is -0.118. The second-order valence-electron chi connectivity index (χ2n) is 11.2. The standard InChI is InChI=1S/C24H38N5O6PS2/c1-23(2,3)21(30)37-9-7-34-36(32,35-8-10-38-22(31)24(4,5)6)13-16-11-17(33-12-16)29-15-28-18-19(25)26-14-27-20(18)29/h14-17H,7-13H2,1-6H3,(H2,25,26,27). The molecule has 2 unspecified atom stereocenters. The van der Waals surface area contributed by atoms with Crippen molar-refractivity contribution >= 4 is 58.3 Å². The fourth-order valence-corrected chi connectivity index (χ4v) is 7.31. The first-order valence-electron chi connectivity index (χ1n) is 12.5. The van der Waals surface area contributed by atoms with Crippen LogP contribution in [0.3, 0.4) is 0 Å². The normalized spacial score (nSPS) is 18.8. The number of aromatic nitrogens is 4. The average molecular weight is 588 g/mol. The van der Waals surface area contributed by atoms with Gasteiger partial charge < -0.3 is 19.5 Å². The Labute approximate surface area is 232 Å². The number of hydrogen-bond acceptors (Lipinski definition) is 12. The zero-order valence-corrected chi connectivity index (χ0v) is 25.4. The van der Waals surface area contributed by atoms with E-state index in [2.05, 4.69) is 15.0 Å². The van der Waals surface area contributed by atoms with Crippen LogP contribution in [-0.2, 0) is 27.9 Å². The number of ether oxygens (including phenoxy) is 1. The van der Waals surface area contributed by atoms with E-state index >= 15 is 0 Å². The molecule has 0 amide bonds. The van der Waals surface area contributed by atoms with Gasteiger partial charge in [-0.3, -0.25) is 18.7 Å². The van der Waals surface area contributed by atoms with Gasteiger partial charge in [-0.1, -0.05) is 65.1 Å². The number of nitrogen functional groups attached to an aromatic ring is 1. The maximum Gasteiger partial charge on any atom is 0.331 e. The first kappa shape index (κ1) is 31.0. The van der Waals surface area contributed by atoms with Gasteiger partial charge in [-0.25, -0.2) is 15.0 Å². The van der Waals surface area contributed by atoms with Gasteiger partial charge in [0.2, 0.25) is 0 Å². The summed E-state index contributed by atoms with van der Waals surface area (Å²) in [7, 11) is -3.53. The van der Waals surface area contributed by atoms with Crippen LogP contribution in [0.25, 0.3) is 11.2 Å². The number of imidazole rings is 1. The van der Waals surface area contributed by atoms with Gasteiger partial charge in [0.15, 0.2) is 21.7 Å². The molecule has 0 bridgehead atoms. The Hall–Kier alpha value is -1.50. The monoisotopic (exact) mass is 587 g/mol. The molecule has 3 heterocycles. The minimum absolute atomic E-state index is 0.0398. The molecule has 0 aromatic carbocycles. The average Bonchev–Trinajstić information content (AvgIpc) is 3.45. The number of nitrogens with two attached hydrogens (primary N) is 1. The molecular formula is C24H38N5O6PS2. The van der Waals surface area contributed by atoms with Crippen LogP contribution in [0.2, 0.25) is 0 Å². The van der Waals surface area contributed by atoms with Crippen molar-refractivity contribution < 1.29 is 27.9 Å². The minimum Gasteiger partial charge on any atom is -0.382 e. The van der Waals surface area contributed by atoms with E-state index in [1.807, 2.05) is 41.5 Å². The third-order valence-corrected chi connectivity index (χ3v) is 10.3. The Bertz CT molecular complexity index is 1140. The molecule has 11 nitrogen and oxygen atoms in total. The number of rotatable bonds is 11. The van der Waals surface area contributed by atoms with Crippen molar-refractivity contribution in [2.45, 2.75) is 54.2 Å². The number of fused-ring (bicyclic) bond motifs is 1. The maximum absolute atomic E-state index is 13.8. The molecule has 2 N–H and O–H groups in total. The Morgan fingerprint density at radius 2 is 1.63 bits per heavy atom. The lowest BCUT2D eigenvalue weighted by atomic mass is 9.99. The van der Waals surface area contributed by atoms with Crippen LogP contribution in [0.15, 0.2) is 12.7 Å². The summed E-state index contributed by atoms with van der Waals surface area (Å²) in [5, 5.41) is 0.0796. The van der Waals surface area contributed by atoms with Crippen LogP contribution in [0.5, 0.6) is 0 Å². The quantitative estimate of drug-likeness (QED) is 0.285. The molecule has 1 saturated heterocycles. The number of carbonyl (C=O) groups is 2. The van der Waals surface area contributed by atoms with Crippen LogP contribution in [0.4, 0.5) is 5.82 Å². The summed E-state index contributed by atoms with van der Waals surface area (Å²) in [6, 6.07) is 0. The van der Waals surface area contributed by atoms with E-state index in [-0.39, 0.29) is 41.8 Å².